The first-order valence-corrected chi connectivity index (χ1v) is 9.57. The number of alkyl halides is 3. The number of benzene rings is 1. The molecule has 0 heterocycles. The van der Waals surface area contributed by atoms with Crippen LogP contribution >= 0.6 is 24.4 Å². The van der Waals surface area contributed by atoms with Crippen LogP contribution in [0, 0.1) is 5.92 Å². The number of thiol groups is 1. The first kappa shape index (κ1) is 21.0. The molecular formula is C17H21F3N2O2S2. The molecule has 0 bridgehead atoms. The van der Waals surface area contributed by atoms with E-state index < -0.39 is 23.4 Å². The lowest BCUT2D eigenvalue weighted by atomic mass is 9.87. The number of hydrogen-bond donors (Lipinski definition) is 3. The van der Waals surface area contributed by atoms with Gasteiger partial charge in [-0.2, -0.15) is 13.2 Å². The smallest absolute Gasteiger partial charge is 0.341 e. The van der Waals surface area contributed by atoms with E-state index in [9.17, 15) is 22.8 Å². The van der Waals surface area contributed by atoms with Crippen LogP contribution in [0.1, 0.15) is 43.6 Å². The number of hydrogen-bond acceptors (Lipinski definition) is 4. The van der Waals surface area contributed by atoms with E-state index in [0.717, 1.165) is 25.7 Å². The van der Waals surface area contributed by atoms with Gasteiger partial charge in [0.05, 0.1) is 5.92 Å². The minimum absolute atomic E-state index is 0.0116. The van der Waals surface area contributed by atoms with Crippen molar-refractivity contribution in [2.24, 2.45) is 5.92 Å². The third kappa shape index (κ3) is 6.12. The van der Waals surface area contributed by atoms with Gasteiger partial charge in [-0.3, -0.25) is 10.1 Å². The van der Waals surface area contributed by atoms with Crippen LogP contribution in [0.5, 0.6) is 0 Å². The maximum Gasteiger partial charge on any atom is 0.446 e. The third-order valence-electron chi connectivity index (χ3n) is 4.43. The fourth-order valence-electron chi connectivity index (χ4n) is 3.23. The largest absolute Gasteiger partial charge is 0.446 e. The molecule has 1 aliphatic carbocycles. The van der Waals surface area contributed by atoms with Crippen LogP contribution in [0.4, 0.5) is 18.0 Å². The second-order valence-corrected chi connectivity index (χ2v) is 7.90. The molecule has 2 rings (SSSR count). The summed E-state index contributed by atoms with van der Waals surface area (Å²) in [5.74, 6) is -0.747. The molecule has 0 radical (unpaired) electrons. The Kier molecular flexibility index (Phi) is 7.28. The van der Waals surface area contributed by atoms with Crippen LogP contribution in [-0.2, 0) is 4.79 Å². The van der Waals surface area contributed by atoms with Gasteiger partial charge in [0.25, 0.3) is 0 Å². The number of halogens is 3. The minimum atomic E-state index is -4.39. The van der Waals surface area contributed by atoms with Gasteiger partial charge in [-0.25, -0.2) is 4.79 Å². The zero-order chi connectivity index (χ0) is 19.3. The standard InChI is InChI=1S/C17H21F3N2O2S2/c1-21-16(24)22-15(23)13(8-10-4-2-3-5-10)12-7-6-11(9-14(12)25)26-17(18,19)20/h6-7,9-10,13,25H,2-5,8H2,1H3,(H2,21,22,23,24). The molecule has 1 aromatic rings. The monoisotopic (exact) mass is 406 g/mol. The fourth-order valence-corrected chi connectivity index (χ4v) is 4.27. The molecule has 1 aromatic carbocycles. The summed E-state index contributed by atoms with van der Waals surface area (Å²) in [7, 11) is 1.40. The highest BCUT2D eigenvalue weighted by Crippen LogP contribution is 2.40. The van der Waals surface area contributed by atoms with Crippen molar-refractivity contribution in [3.05, 3.63) is 23.8 Å². The summed E-state index contributed by atoms with van der Waals surface area (Å²) in [6, 6.07) is 3.53. The van der Waals surface area contributed by atoms with Gasteiger partial charge < -0.3 is 5.32 Å². The van der Waals surface area contributed by atoms with E-state index in [1.807, 2.05) is 0 Å². The van der Waals surface area contributed by atoms with Crippen molar-refractivity contribution in [3.8, 4) is 0 Å². The van der Waals surface area contributed by atoms with Crippen molar-refractivity contribution < 1.29 is 22.8 Å². The molecule has 0 saturated heterocycles. The highest BCUT2D eigenvalue weighted by molar-refractivity contribution is 8.00. The maximum atomic E-state index is 12.6. The lowest BCUT2D eigenvalue weighted by molar-refractivity contribution is -0.121. The van der Waals surface area contributed by atoms with Crippen LogP contribution in [0.2, 0.25) is 0 Å². The number of carbonyl (C=O) groups is 2. The van der Waals surface area contributed by atoms with Gasteiger partial charge in [0, 0.05) is 16.8 Å². The van der Waals surface area contributed by atoms with Crippen molar-refractivity contribution >= 4 is 36.3 Å². The van der Waals surface area contributed by atoms with Crippen molar-refractivity contribution in [1.82, 2.24) is 10.6 Å². The average molecular weight is 406 g/mol. The average Bonchev–Trinajstić information content (AvgIpc) is 3.04. The second-order valence-electron chi connectivity index (χ2n) is 6.28. The van der Waals surface area contributed by atoms with Crippen LogP contribution in [-0.4, -0.2) is 24.5 Å². The number of rotatable bonds is 5. The van der Waals surface area contributed by atoms with Gasteiger partial charge in [-0.05, 0) is 41.8 Å². The molecule has 1 unspecified atom stereocenters. The molecule has 9 heteroatoms. The van der Waals surface area contributed by atoms with E-state index in [1.54, 1.807) is 0 Å². The predicted octanol–water partition coefficient (Wildman–Crippen LogP) is 4.71. The normalized spacial score (nSPS) is 16.3. The van der Waals surface area contributed by atoms with E-state index in [0.29, 0.717) is 22.8 Å². The highest BCUT2D eigenvalue weighted by Gasteiger charge is 2.31. The Bertz CT molecular complexity index is 662. The lowest BCUT2D eigenvalue weighted by Gasteiger charge is -2.22. The summed E-state index contributed by atoms with van der Waals surface area (Å²) < 4.78 is 37.6. The molecule has 0 aromatic heterocycles. The summed E-state index contributed by atoms with van der Waals surface area (Å²) >= 11 is 4.08. The van der Waals surface area contributed by atoms with Crippen molar-refractivity contribution in [1.29, 1.82) is 0 Å². The number of nitrogens with one attached hydrogen (secondary N) is 2. The van der Waals surface area contributed by atoms with Crippen LogP contribution in [0.3, 0.4) is 0 Å². The van der Waals surface area contributed by atoms with Gasteiger partial charge in [0.1, 0.15) is 0 Å². The Labute approximate surface area is 160 Å². The Hall–Kier alpha value is -1.35. The summed E-state index contributed by atoms with van der Waals surface area (Å²) in [4.78, 5) is 24.4. The van der Waals surface area contributed by atoms with Crippen LogP contribution in [0.25, 0.3) is 0 Å². The SMILES string of the molecule is CNC(=O)NC(=O)C(CC1CCCC1)c1ccc(SC(F)(F)F)cc1S. The summed E-state index contributed by atoms with van der Waals surface area (Å²) in [6.45, 7) is 0. The first-order valence-electron chi connectivity index (χ1n) is 8.31. The minimum Gasteiger partial charge on any atom is -0.341 e. The Morgan fingerprint density at radius 2 is 1.96 bits per heavy atom. The van der Waals surface area contributed by atoms with Gasteiger partial charge in [0.2, 0.25) is 5.91 Å². The molecule has 1 aliphatic rings. The van der Waals surface area contributed by atoms with Crippen molar-refractivity contribution in [3.63, 3.8) is 0 Å². The third-order valence-corrected chi connectivity index (χ3v) is 5.54. The van der Waals surface area contributed by atoms with E-state index in [2.05, 4.69) is 23.3 Å². The molecule has 26 heavy (non-hydrogen) atoms. The summed E-state index contributed by atoms with van der Waals surface area (Å²) in [5, 5.41) is 4.60. The van der Waals surface area contributed by atoms with E-state index >= 15 is 0 Å². The topological polar surface area (TPSA) is 58.2 Å². The molecule has 1 atom stereocenters. The van der Waals surface area contributed by atoms with Gasteiger partial charge >= 0.3 is 11.5 Å². The Morgan fingerprint density at radius 1 is 1.31 bits per heavy atom. The molecule has 4 nitrogen and oxygen atoms in total. The lowest BCUT2D eigenvalue weighted by Crippen LogP contribution is -2.40. The van der Waals surface area contributed by atoms with E-state index in [4.69, 9.17) is 0 Å². The zero-order valence-electron chi connectivity index (χ0n) is 14.2. The predicted molar refractivity (Wildman–Crippen MR) is 97.5 cm³/mol. The molecule has 144 valence electrons. The summed E-state index contributed by atoms with van der Waals surface area (Å²) in [6.07, 6.45) is 4.76. The van der Waals surface area contributed by atoms with Crippen molar-refractivity contribution in [2.45, 2.75) is 53.3 Å². The summed E-state index contributed by atoms with van der Waals surface area (Å²) in [5.41, 5.74) is -3.85. The molecule has 1 fully saturated rings. The highest BCUT2D eigenvalue weighted by atomic mass is 32.2. The molecule has 0 aliphatic heterocycles. The van der Waals surface area contributed by atoms with Gasteiger partial charge in [-0.15, -0.1) is 12.6 Å². The fraction of sp³-hybridized carbons (Fsp3) is 0.529. The van der Waals surface area contributed by atoms with Crippen molar-refractivity contribution in [2.75, 3.05) is 7.05 Å². The molecule has 0 spiro atoms. The number of carbonyl (C=O) groups excluding carboxylic acids is 2. The zero-order valence-corrected chi connectivity index (χ0v) is 15.9. The van der Waals surface area contributed by atoms with E-state index in [1.165, 1.54) is 25.2 Å². The van der Waals surface area contributed by atoms with Gasteiger partial charge in [-0.1, -0.05) is 31.7 Å². The number of imide groups is 1. The Balaban J connectivity index is 2.25. The molecule has 3 amide bonds. The van der Waals surface area contributed by atoms with Crippen LogP contribution < -0.4 is 10.6 Å². The number of amides is 3. The number of urea groups is 1. The molecule has 2 N–H and O–H groups in total. The van der Waals surface area contributed by atoms with E-state index in [-0.39, 0.29) is 16.7 Å². The number of thioether (sulfide) groups is 1. The maximum absolute atomic E-state index is 12.6. The molecular weight excluding hydrogens is 385 g/mol. The second kappa shape index (κ2) is 9.03. The van der Waals surface area contributed by atoms with Gasteiger partial charge in [0.15, 0.2) is 0 Å². The molecule has 1 saturated carbocycles. The van der Waals surface area contributed by atoms with Crippen LogP contribution in [0.15, 0.2) is 28.0 Å². The quantitative estimate of drug-likeness (QED) is 0.490. The first-order chi connectivity index (χ1) is 12.2. The Morgan fingerprint density at radius 3 is 2.50 bits per heavy atom.